The van der Waals surface area contributed by atoms with Crippen LogP contribution in [0.1, 0.15) is 16.7 Å². The predicted molar refractivity (Wildman–Crippen MR) is 62.7 cm³/mol. The lowest BCUT2D eigenvalue weighted by Crippen LogP contribution is -2.24. The third-order valence-corrected chi connectivity index (χ3v) is 2.99. The molecule has 0 saturated carbocycles. The van der Waals surface area contributed by atoms with E-state index in [4.69, 9.17) is 11.6 Å². The first-order valence-electron chi connectivity index (χ1n) is 4.97. The third kappa shape index (κ3) is 2.97. The number of hydrogen-bond acceptors (Lipinski definition) is 3. The molecule has 0 heterocycles. The van der Waals surface area contributed by atoms with Gasteiger partial charge in [0, 0.05) is 11.4 Å². The maximum Gasteiger partial charge on any atom is 0.335 e. The molecule has 88 valence electrons. The lowest BCUT2D eigenvalue weighted by molar-refractivity contribution is -0.150. The van der Waals surface area contributed by atoms with Gasteiger partial charge in [0.05, 0.1) is 7.11 Å². The number of rotatable bonds is 3. The molecule has 1 N–H and O–H groups in total. The fourth-order valence-corrected chi connectivity index (χ4v) is 1.71. The zero-order valence-electron chi connectivity index (χ0n) is 9.58. The van der Waals surface area contributed by atoms with Crippen LogP contribution in [-0.4, -0.2) is 24.3 Å². The molecule has 0 aliphatic carbocycles. The Balaban J connectivity index is 2.86. The molecule has 0 saturated heterocycles. The molecular weight excluding hydrogens is 228 g/mol. The van der Waals surface area contributed by atoms with Crippen molar-refractivity contribution < 1.29 is 14.6 Å². The maximum atomic E-state index is 11.1. The van der Waals surface area contributed by atoms with Crippen molar-refractivity contribution >= 4 is 17.6 Å². The number of ether oxygens (including phenoxy) is 1. The Labute approximate surface area is 100.0 Å². The molecule has 0 fully saturated rings. The molecule has 1 aromatic carbocycles. The van der Waals surface area contributed by atoms with Crippen molar-refractivity contribution in [1.82, 2.24) is 0 Å². The van der Waals surface area contributed by atoms with E-state index in [0.29, 0.717) is 0 Å². The minimum Gasteiger partial charge on any atom is -0.467 e. The Kier molecular flexibility index (Phi) is 4.33. The zero-order valence-corrected chi connectivity index (χ0v) is 10.3. The van der Waals surface area contributed by atoms with Crippen molar-refractivity contribution in [3.8, 4) is 0 Å². The molecule has 0 aromatic heterocycles. The van der Waals surface area contributed by atoms with E-state index in [1.807, 2.05) is 26.0 Å². The van der Waals surface area contributed by atoms with E-state index < -0.39 is 12.1 Å². The SMILES string of the molecule is COC(=O)[C@H](O)Cc1cc(C)c(Cl)c(C)c1. The van der Waals surface area contributed by atoms with Gasteiger partial charge in [-0.25, -0.2) is 4.79 Å². The van der Waals surface area contributed by atoms with Crippen LogP contribution in [-0.2, 0) is 16.0 Å². The Hall–Kier alpha value is -1.06. The number of hydrogen-bond donors (Lipinski definition) is 1. The van der Waals surface area contributed by atoms with Gasteiger partial charge in [-0.05, 0) is 30.5 Å². The number of carbonyl (C=O) groups is 1. The van der Waals surface area contributed by atoms with Gasteiger partial charge in [-0.2, -0.15) is 0 Å². The van der Waals surface area contributed by atoms with Crippen molar-refractivity contribution in [2.75, 3.05) is 7.11 Å². The van der Waals surface area contributed by atoms with E-state index in [-0.39, 0.29) is 6.42 Å². The summed E-state index contributed by atoms with van der Waals surface area (Å²) >= 11 is 6.02. The van der Waals surface area contributed by atoms with Gasteiger partial charge in [0.15, 0.2) is 6.10 Å². The first kappa shape index (κ1) is 13.0. The fraction of sp³-hybridized carbons (Fsp3) is 0.417. The molecule has 4 heteroatoms. The first-order valence-corrected chi connectivity index (χ1v) is 5.35. The van der Waals surface area contributed by atoms with Crippen LogP contribution in [0.25, 0.3) is 0 Å². The molecule has 1 rings (SSSR count). The van der Waals surface area contributed by atoms with Crippen LogP contribution in [0.4, 0.5) is 0 Å². The van der Waals surface area contributed by atoms with Crippen LogP contribution < -0.4 is 0 Å². The zero-order chi connectivity index (χ0) is 12.3. The van der Waals surface area contributed by atoms with E-state index in [1.54, 1.807) is 0 Å². The van der Waals surface area contributed by atoms with Gasteiger partial charge in [0.1, 0.15) is 0 Å². The third-order valence-electron chi connectivity index (χ3n) is 2.40. The first-order chi connectivity index (χ1) is 7.45. The summed E-state index contributed by atoms with van der Waals surface area (Å²) in [5.74, 6) is -0.620. The van der Waals surface area contributed by atoms with Gasteiger partial charge in [-0.3, -0.25) is 0 Å². The lowest BCUT2D eigenvalue weighted by atomic mass is 10.0. The highest BCUT2D eigenvalue weighted by atomic mass is 35.5. The van der Waals surface area contributed by atoms with Crippen LogP contribution in [0.15, 0.2) is 12.1 Å². The van der Waals surface area contributed by atoms with Gasteiger partial charge in [-0.1, -0.05) is 23.7 Å². The highest BCUT2D eigenvalue weighted by molar-refractivity contribution is 6.32. The van der Waals surface area contributed by atoms with Crippen molar-refractivity contribution in [3.63, 3.8) is 0 Å². The Morgan fingerprint density at radius 2 is 1.94 bits per heavy atom. The van der Waals surface area contributed by atoms with E-state index in [0.717, 1.165) is 21.7 Å². The highest BCUT2D eigenvalue weighted by Gasteiger charge is 2.16. The summed E-state index contributed by atoms with van der Waals surface area (Å²) in [4.78, 5) is 11.1. The Bertz CT molecular complexity index is 378. The van der Waals surface area contributed by atoms with Crippen LogP contribution in [0.3, 0.4) is 0 Å². The predicted octanol–water partition coefficient (Wildman–Crippen LogP) is 2.03. The van der Waals surface area contributed by atoms with Crippen molar-refractivity contribution in [2.45, 2.75) is 26.4 Å². The van der Waals surface area contributed by atoms with Gasteiger partial charge in [0.25, 0.3) is 0 Å². The number of carbonyl (C=O) groups excluding carboxylic acids is 1. The quantitative estimate of drug-likeness (QED) is 0.825. The molecule has 1 atom stereocenters. The van der Waals surface area contributed by atoms with E-state index in [2.05, 4.69) is 4.74 Å². The minimum atomic E-state index is -1.12. The maximum absolute atomic E-state index is 11.1. The number of aliphatic hydroxyl groups excluding tert-OH is 1. The average molecular weight is 243 g/mol. The molecule has 3 nitrogen and oxygen atoms in total. The number of halogens is 1. The molecule has 0 spiro atoms. The highest BCUT2D eigenvalue weighted by Crippen LogP contribution is 2.22. The van der Waals surface area contributed by atoms with E-state index in [1.165, 1.54) is 7.11 Å². The normalized spacial score (nSPS) is 12.3. The Morgan fingerprint density at radius 1 is 1.44 bits per heavy atom. The second-order valence-corrected chi connectivity index (χ2v) is 4.16. The number of benzene rings is 1. The standard InChI is InChI=1S/C12H15ClO3/c1-7-4-9(5-8(2)11(7)13)6-10(14)12(15)16-3/h4-5,10,14H,6H2,1-3H3/t10-/m1/s1. The van der Waals surface area contributed by atoms with Crippen molar-refractivity contribution in [2.24, 2.45) is 0 Å². The van der Waals surface area contributed by atoms with Gasteiger partial charge in [0.2, 0.25) is 0 Å². The van der Waals surface area contributed by atoms with Crippen LogP contribution in [0.5, 0.6) is 0 Å². The largest absolute Gasteiger partial charge is 0.467 e. The topological polar surface area (TPSA) is 46.5 Å². The van der Waals surface area contributed by atoms with Crippen LogP contribution >= 0.6 is 11.6 Å². The molecule has 0 aliphatic rings. The minimum absolute atomic E-state index is 0.242. The van der Waals surface area contributed by atoms with E-state index in [9.17, 15) is 9.90 Å². The second-order valence-electron chi connectivity index (χ2n) is 3.79. The summed E-state index contributed by atoms with van der Waals surface area (Å²) in [6.07, 6.45) is -0.879. The van der Waals surface area contributed by atoms with E-state index >= 15 is 0 Å². The number of esters is 1. The lowest BCUT2D eigenvalue weighted by Gasteiger charge is -2.11. The molecule has 16 heavy (non-hydrogen) atoms. The summed E-state index contributed by atoms with van der Waals surface area (Å²) < 4.78 is 4.45. The number of aliphatic hydroxyl groups is 1. The van der Waals surface area contributed by atoms with Gasteiger partial charge in [-0.15, -0.1) is 0 Å². The molecule has 0 unspecified atom stereocenters. The van der Waals surface area contributed by atoms with Crippen LogP contribution in [0.2, 0.25) is 5.02 Å². The molecule has 0 radical (unpaired) electrons. The number of aryl methyl sites for hydroxylation is 2. The summed E-state index contributed by atoms with van der Waals surface area (Å²) in [6.45, 7) is 3.78. The van der Waals surface area contributed by atoms with Crippen LogP contribution in [0, 0.1) is 13.8 Å². The Morgan fingerprint density at radius 3 is 2.38 bits per heavy atom. The molecule has 0 bridgehead atoms. The second kappa shape index (κ2) is 5.32. The summed E-state index contributed by atoms with van der Waals surface area (Å²) in [6, 6.07) is 3.73. The summed E-state index contributed by atoms with van der Waals surface area (Å²) in [5, 5.41) is 10.2. The monoisotopic (exact) mass is 242 g/mol. The van der Waals surface area contributed by atoms with Gasteiger partial charge < -0.3 is 9.84 Å². The molecular formula is C12H15ClO3. The van der Waals surface area contributed by atoms with Crippen molar-refractivity contribution in [3.05, 3.63) is 33.8 Å². The summed E-state index contributed by atoms with van der Waals surface area (Å²) in [5.41, 5.74) is 2.75. The van der Waals surface area contributed by atoms with Gasteiger partial charge >= 0.3 is 5.97 Å². The molecule has 0 aliphatic heterocycles. The molecule has 0 amide bonds. The number of methoxy groups -OCH3 is 1. The fourth-order valence-electron chi connectivity index (χ4n) is 1.60. The summed E-state index contributed by atoms with van der Waals surface area (Å²) in [7, 11) is 1.25. The molecule has 1 aromatic rings. The smallest absolute Gasteiger partial charge is 0.335 e. The van der Waals surface area contributed by atoms with Crippen molar-refractivity contribution in [1.29, 1.82) is 0 Å². The average Bonchev–Trinajstić information content (AvgIpc) is 2.24.